The van der Waals surface area contributed by atoms with Gasteiger partial charge in [-0.05, 0) is 93.4 Å². The van der Waals surface area contributed by atoms with E-state index in [1.54, 1.807) is 48.5 Å². The highest BCUT2D eigenvalue weighted by Crippen LogP contribution is 2.40. The smallest absolute Gasteiger partial charge is 0.296 e. The standard InChI is InChI=1S/C46H49N11O6S3/c1-6-27-64-46-50-44(47-38-28-32(56(7-2)8-3)21-23-36(38)52-54-42-34-17-13-11-15-30(34)19-25-40(42)65(58,59)60)49-45(51-46)48-39-29-33(57(9-4)10-5)22-24-37(39)53-55-43-35-18-14-12-16-31(35)20-26-41(43)66(61,62)63/h11-26,28-29H,6-10,27H2,1-5H3,(H,58,59,60)(H,61,62,63)(H2,47,48,49,50,51)/b54-52+,55-53+. The van der Waals surface area contributed by atoms with Crippen LogP contribution in [0.3, 0.4) is 0 Å². The van der Waals surface area contributed by atoms with Crippen molar-refractivity contribution in [1.82, 2.24) is 15.0 Å². The summed E-state index contributed by atoms with van der Waals surface area (Å²) in [6, 6.07) is 31.0. The minimum absolute atomic E-state index is 0.0196. The topological polar surface area (TPSA) is 227 Å². The number of aromatic nitrogens is 3. The first kappa shape index (κ1) is 47.4. The van der Waals surface area contributed by atoms with Gasteiger partial charge in [-0.15, -0.1) is 20.5 Å². The first-order valence-corrected chi connectivity index (χ1v) is 25.1. The van der Waals surface area contributed by atoms with Gasteiger partial charge in [0.25, 0.3) is 20.2 Å². The lowest BCUT2D eigenvalue weighted by Crippen LogP contribution is -2.21. The SMILES string of the molecule is CCCSc1nc(Nc2cc(N(CC)CC)ccc2/N=N/c2c(S(=O)(=O)O)ccc3ccccc23)nc(Nc2cc(N(CC)CC)ccc2/N=N/c2c(S(=O)(=O)O)ccc3ccccc23)n1. The summed E-state index contributed by atoms with van der Waals surface area (Å²) < 4.78 is 70.5. The van der Waals surface area contributed by atoms with Gasteiger partial charge >= 0.3 is 0 Å². The molecule has 20 heteroatoms. The van der Waals surface area contributed by atoms with Gasteiger partial charge in [0, 0.05) is 54.1 Å². The van der Waals surface area contributed by atoms with Gasteiger partial charge in [0.15, 0.2) is 5.16 Å². The number of hydrogen-bond acceptors (Lipinski definition) is 16. The molecule has 0 aliphatic heterocycles. The van der Waals surface area contributed by atoms with Crippen molar-refractivity contribution in [3.05, 3.63) is 109 Å². The Morgan fingerprint density at radius 3 is 1.36 bits per heavy atom. The van der Waals surface area contributed by atoms with Gasteiger partial charge in [0.2, 0.25) is 11.9 Å². The Balaban J connectivity index is 1.34. The predicted octanol–water partition coefficient (Wildman–Crippen LogP) is 12.2. The van der Waals surface area contributed by atoms with Crippen LogP contribution < -0.4 is 20.4 Å². The molecule has 1 heterocycles. The van der Waals surface area contributed by atoms with E-state index in [9.17, 15) is 25.9 Å². The molecule has 0 radical (unpaired) electrons. The van der Waals surface area contributed by atoms with Crippen molar-refractivity contribution >= 4 is 111 Å². The molecule has 6 aromatic carbocycles. The largest absolute Gasteiger partial charge is 0.372 e. The second-order valence-corrected chi connectivity index (χ2v) is 18.6. The van der Waals surface area contributed by atoms with E-state index in [4.69, 9.17) is 15.0 Å². The number of fused-ring (bicyclic) bond motifs is 2. The van der Waals surface area contributed by atoms with Crippen LogP contribution in [-0.4, -0.2) is 72.8 Å². The Labute approximate surface area is 388 Å². The molecule has 0 unspecified atom stereocenters. The third-order valence-electron chi connectivity index (χ3n) is 10.6. The number of anilines is 6. The quantitative estimate of drug-likeness (QED) is 0.0336. The fraction of sp³-hybridized carbons (Fsp3) is 0.239. The summed E-state index contributed by atoms with van der Waals surface area (Å²) >= 11 is 1.43. The maximum atomic E-state index is 12.5. The number of nitrogens with zero attached hydrogens (tertiary/aromatic N) is 9. The summed E-state index contributed by atoms with van der Waals surface area (Å²) in [5, 5.41) is 27.4. The van der Waals surface area contributed by atoms with Crippen LogP contribution in [0.25, 0.3) is 21.5 Å². The van der Waals surface area contributed by atoms with Gasteiger partial charge in [0.05, 0.1) is 11.4 Å². The van der Waals surface area contributed by atoms with Crippen molar-refractivity contribution in [1.29, 1.82) is 0 Å². The molecule has 7 aromatic rings. The van der Waals surface area contributed by atoms with Crippen LogP contribution in [0.1, 0.15) is 41.0 Å². The molecule has 66 heavy (non-hydrogen) atoms. The van der Waals surface area contributed by atoms with Crippen LogP contribution >= 0.6 is 11.8 Å². The molecule has 4 N–H and O–H groups in total. The number of hydrogen-bond donors (Lipinski definition) is 4. The number of thioether (sulfide) groups is 1. The zero-order valence-electron chi connectivity index (χ0n) is 36.9. The Kier molecular flexibility index (Phi) is 14.9. The second-order valence-electron chi connectivity index (χ2n) is 14.7. The molecule has 342 valence electrons. The van der Waals surface area contributed by atoms with E-state index in [1.165, 1.54) is 23.9 Å². The predicted molar refractivity (Wildman–Crippen MR) is 263 cm³/mol. The molecule has 0 aliphatic rings. The number of azo groups is 2. The van der Waals surface area contributed by atoms with Crippen LogP contribution in [0.4, 0.5) is 57.4 Å². The molecule has 0 saturated heterocycles. The van der Waals surface area contributed by atoms with E-state index in [2.05, 4.69) is 40.9 Å². The third-order valence-corrected chi connectivity index (χ3v) is 13.4. The average molecular weight is 948 g/mol. The van der Waals surface area contributed by atoms with Crippen LogP contribution in [-0.2, 0) is 20.2 Å². The van der Waals surface area contributed by atoms with Crippen molar-refractivity contribution in [2.75, 3.05) is 52.4 Å². The monoisotopic (exact) mass is 947 g/mol. The molecule has 1 aromatic heterocycles. The second kappa shape index (κ2) is 20.7. The van der Waals surface area contributed by atoms with Gasteiger partial charge in [0.1, 0.15) is 32.5 Å². The third kappa shape index (κ3) is 10.9. The molecule has 17 nitrogen and oxygen atoms in total. The van der Waals surface area contributed by atoms with Crippen molar-refractivity contribution < 1.29 is 25.9 Å². The molecule has 0 atom stereocenters. The molecular weight excluding hydrogens is 899 g/mol. The van der Waals surface area contributed by atoms with Crippen LogP contribution in [0.2, 0.25) is 0 Å². The summed E-state index contributed by atoms with van der Waals surface area (Å²) in [5.41, 5.74) is 3.23. The summed E-state index contributed by atoms with van der Waals surface area (Å²) in [5.74, 6) is 1.01. The Hall–Kier alpha value is -6.58. The van der Waals surface area contributed by atoms with Crippen molar-refractivity contribution in [2.45, 2.75) is 56.0 Å². The van der Waals surface area contributed by atoms with E-state index >= 15 is 0 Å². The highest BCUT2D eigenvalue weighted by atomic mass is 32.2. The van der Waals surface area contributed by atoms with Crippen molar-refractivity contribution in [3.8, 4) is 0 Å². The van der Waals surface area contributed by atoms with E-state index in [0.29, 0.717) is 81.4 Å². The number of rotatable bonds is 19. The molecular formula is C46H49N11O6S3. The normalized spacial score (nSPS) is 12.1. The maximum absolute atomic E-state index is 12.5. The molecule has 0 amide bonds. The molecule has 7 rings (SSSR count). The van der Waals surface area contributed by atoms with E-state index in [-0.39, 0.29) is 33.1 Å². The fourth-order valence-corrected chi connectivity index (χ4v) is 9.22. The minimum atomic E-state index is -4.67. The Morgan fingerprint density at radius 2 is 0.970 bits per heavy atom. The molecule has 0 aliphatic carbocycles. The lowest BCUT2D eigenvalue weighted by molar-refractivity contribution is 0.481. The van der Waals surface area contributed by atoms with Gasteiger partial charge in [-0.3, -0.25) is 9.11 Å². The number of benzene rings is 6. The van der Waals surface area contributed by atoms with E-state index in [1.807, 2.05) is 83.1 Å². The van der Waals surface area contributed by atoms with E-state index in [0.717, 1.165) is 17.8 Å². The highest BCUT2D eigenvalue weighted by Gasteiger charge is 2.21. The van der Waals surface area contributed by atoms with Crippen LogP contribution in [0.5, 0.6) is 0 Å². The summed E-state index contributed by atoms with van der Waals surface area (Å²) in [6.07, 6.45) is 0.841. The summed E-state index contributed by atoms with van der Waals surface area (Å²) in [4.78, 5) is 17.8. The van der Waals surface area contributed by atoms with Gasteiger partial charge in [-0.25, -0.2) is 0 Å². The number of nitrogens with one attached hydrogen (secondary N) is 2. The first-order valence-electron chi connectivity index (χ1n) is 21.3. The lowest BCUT2D eigenvalue weighted by atomic mass is 10.1. The molecule has 0 saturated carbocycles. The van der Waals surface area contributed by atoms with Crippen LogP contribution in [0.15, 0.2) is 145 Å². The van der Waals surface area contributed by atoms with Gasteiger partial charge < -0.3 is 20.4 Å². The van der Waals surface area contributed by atoms with E-state index < -0.39 is 20.2 Å². The Morgan fingerprint density at radius 1 is 0.545 bits per heavy atom. The van der Waals surface area contributed by atoms with Crippen molar-refractivity contribution in [3.63, 3.8) is 0 Å². The maximum Gasteiger partial charge on any atom is 0.296 e. The zero-order chi connectivity index (χ0) is 47.0. The zero-order valence-corrected chi connectivity index (χ0v) is 39.4. The fourth-order valence-electron chi connectivity index (χ4n) is 7.26. The summed E-state index contributed by atoms with van der Waals surface area (Å²) in [6.45, 7) is 13.1. The van der Waals surface area contributed by atoms with Crippen molar-refractivity contribution in [2.24, 2.45) is 20.5 Å². The molecule has 0 spiro atoms. The Bertz CT molecular complexity index is 2980. The molecule has 0 bridgehead atoms. The minimum Gasteiger partial charge on any atom is -0.372 e. The molecule has 0 fully saturated rings. The van der Waals surface area contributed by atoms with Gasteiger partial charge in [-0.2, -0.15) is 31.8 Å². The first-order chi connectivity index (χ1) is 31.7. The highest BCUT2D eigenvalue weighted by molar-refractivity contribution is 7.99. The lowest BCUT2D eigenvalue weighted by Gasteiger charge is -2.22. The van der Waals surface area contributed by atoms with Crippen LogP contribution in [0, 0.1) is 0 Å². The average Bonchev–Trinajstić information content (AvgIpc) is 3.30. The summed E-state index contributed by atoms with van der Waals surface area (Å²) in [7, 11) is -9.33. The van der Waals surface area contributed by atoms with Gasteiger partial charge in [-0.1, -0.05) is 79.3 Å².